The van der Waals surface area contributed by atoms with E-state index in [-0.39, 0.29) is 24.2 Å². The summed E-state index contributed by atoms with van der Waals surface area (Å²) in [5, 5.41) is 19.8. The number of aryl methyl sites for hydroxylation is 1. The SMILES string of the molecule is Cc1cc([N+](=O)[O-])ccc1C(=O)N(CC(C)C(=O)O)C1CC1. The van der Waals surface area contributed by atoms with Gasteiger partial charge in [0.1, 0.15) is 0 Å². The van der Waals surface area contributed by atoms with E-state index in [0.29, 0.717) is 11.1 Å². The summed E-state index contributed by atoms with van der Waals surface area (Å²) in [5.41, 5.74) is 0.842. The Balaban J connectivity index is 2.24. The number of rotatable bonds is 6. The van der Waals surface area contributed by atoms with Gasteiger partial charge in [0.25, 0.3) is 11.6 Å². The van der Waals surface area contributed by atoms with Crippen LogP contribution in [0.5, 0.6) is 0 Å². The zero-order valence-electron chi connectivity index (χ0n) is 12.5. The molecule has 1 amide bonds. The second-order valence-electron chi connectivity index (χ2n) is 5.68. The summed E-state index contributed by atoms with van der Waals surface area (Å²) in [6.45, 7) is 3.36. The lowest BCUT2D eigenvalue weighted by Crippen LogP contribution is -2.38. The van der Waals surface area contributed by atoms with Gasteiger partial charge in [0, 0.05) is 30.3 Å². The zero-order valence-corrected chi connectivity index (χ0v) is 12.5. The molecule has 0 aliphatic heterocycles. The first kappa shape index (κ1) is 15.9. The number of amides is 1. The van der Waals surface area contributed by atoms with Crippen molar-refractivity contribution in [2.24, 2.45) is 5.92 Å². The number of benzene rings is 1. The highest BCUT2D eigenvalue weighted by molar-refractivity contribution is 5.96. The molecule has 1 aliphatic carbocycles. The number of carboxylic acid groups (broad SMARTS) is 1. The van der Waals surface area contributed by atoms with Crippen LogP contribution in [0, 0.1) is 23.0 Å². The van der Waals surface area contributed by atoms with Gasteiger partial charge in [0.05, 0.1) is 10.8 Å². The molecule has 7 heteroatoms. The average Bonchev–Trinajstić information content (AvgIpc) is 3.27. The molecule has 1 saturated carbocycles. The van der Waals surface area contributed by atoms with Crippen LogP contribution in [-0.4, -0.2) is 39.4 Å². The molecule has 0 spiro atoms. The first-order valence-corrected chi connectivity index (χ1v) is 7.10. The largest absolute Gasteiger partial charge is 0.481 e. The number of carbonyl (C=O) groups excluding carboxylic acids is 1. The summed E-state index contributed by atoms with van der Waals surface area (Å²) in [6.07, 6.45) is 1.73. The molecule has 0 radical (unpaired) electrons. The Morgan fingerprint density at radius 1 is 1.45 bits per heavy atom. The Labute approximate surface area is 127 Å². The van der Waals surface area contributed by atoms with E-state index in [4.69, 9.17) is 5.11 Å². The summed E-state index contributed by atoms with van der Waals surface area (Å²) >= 11 is 0. The van der Waals surface area contributed by atoms with Crippen LogP contribution in [0.4, 0.5) is 5.69 Å². The van der Waals surface area contributed by atoms with Gasteiger partial charge < -0.3 is 10.0 Å². The van der Waals surface area contributed by atoms with Gasteiger partial charge >= 0.3 is 5.97 Å². The first-order chi connectivity index (χ1) is 10.3. The van der Waals surface area contributed by atoms with Gasteiger partial charge in [-0.1, -0.05) is 6.92 Å². The lowest BCUT2D eigenvalue weighted by Gasteiger charge is -2.25. The predicted octanol–water partition coefficient (Wildman–Crippen LogP) is 2.23. The summed E-state index contributed by atoms with van der Waals surface area (Å²) in [5.74, 6) is -1.86. The van der Waals surface area contributed by atoms with Gasteiger partial charge in [-0.15, -0.1) is 0 Å². The Bertz CT molecular complexity index is 624. The summed E-state index contributed by atoms with van der Waals surface area (Å²) in [6, 6.07) is 4.17. The third-order valence-electron chi connectivity index (χ3n) is 3.79. The van der Waals surface area contributed by atoms with Crippen LogP contribution in [0.3, 0.4) is 0 Å². The molecule has 0 bridgehead atoms. The van der Waals surface area contributed by atoms with E-state index in [1.807, 2.05) is 0 Å². The minimum absolute atomic E-state index is 0.0640. The predicted molar refractivity (Wildman–Crippen MR) is 78.7 cm³/mol. The van der Waals surface area contributed by atoms with E-state index < -0.39 is 16.8 Å². The summed E-state index contributed by atoms with van der Waals surface area (Å²) < 4.78 is 0. The van der Waals surface area contributed by atoms with E-state index >= 15 is 0 Å². The van der Waals surface area contributed by atoms with Crippen molar-refractivity contribution in [1.29, 1.82) is 0 Å². The molecule has 22 heavy (non-hydrogen) atoms. The van der Waals surface area contributed by atoms with Crippen molar-refractivity contribution in [3.63, 3.8) is 0 Å². The number of carboxylic acids is 1. The summed E-state index contributed by atoms with van der Waals surface area (Å²) in [4.78, 5) is 35.5. The second-order valence-corrected chi connectivity index (χ2v) is 5.68. The maximum absolute atomic E-state index is 12.6. The number of aliphatic carboxylic acids is 1. The standard InChI is InChI=1S/C15H18N2O5/c1-9-7-12(17(21)22)5-6-13(9)14(18)16(11-3-4-11)8-10(2)15(19)20/h5-7,10-11H,3-4,8H2,1-2H3,(H,19,20). The quantitative estimate of drug-likeness (QED) is 0.641. The van der Waals surface area contributed by atoms with Crippen molar-refractivity contribution in [2.75, 3.05) is 6.54 Å². The van der Waals surface area contributed by atoms with Crippen molar-refractivity contribution >= 4 is 17.6 Å². The fraction of sp³-hybridized carbons (Fsp3) is 0.467. The van der Waals surface area contributed by atoms with Crippen LogP contribution in [-0.2, 0) is 4.79 Å². The molecule has 1 unspecified atom stereocenters. The molecule has 0 saturated heterocycles. The van der Waals surface area contributed by atoms with Crippen LogP contribution >= 0.6 is 0 Å². The molecule has 1 aromatic rings. The van der Waals surface area contributed by atoms with Gasteiger partial charge in [-0.25, -0.2) is 0 Å². The molecule has 7 nitrogen and oxygen atoms in total. The van der Waals surface area contributed by atoms with E-state index in [2.05, 4.69) is 0 Å². The van der Waals surface area contributed by atoms with E-state index in [1.165, 1.54) is 18.2 Å². The average molecular weight is 306 g/mol. The normalized spacial score (nSPS) is 15.2. The van der Waals surface area contributed by atoms with Gasteiger partial charge in [0.15, 0.2) is 0 Å². The minimum atomic E-state index is -0.945. The monoisotopic (exact) mass is 306 g/mol. The van der Waals surface area contributed by atoms with Crippen LogP contribution in [0.1, 0.15) is 35.7 Å². The highest BCUT2D eigenvalue weighted by Gasteiger charge is 2.35. The maximum atomic E-state index is 12.6. The Morgan fingerprint density at radius 2 is 2.09 bits per heavy atom. The van der Waals surface area contributed by atoms with Crippen molar-refractivity contribution < 1.29 is 19.6 Å². The minimum Gasteiger partial charge on any atom is -0.481 e. The number of nitrogens with zero attached hydrogens (tertiary/aromatic N) is 2. The maximum Gasteiger partial charge on any atom is 0.308 e. The lowest BCUT2D eigenvalue weighted by atomic mass is 10.1. The molecule has 0 heterocycles. The molecule has 1 fully saturated rings. The van der Waals surface area contributed by atoms with Crippen LogP contribution in [0.15, 0.2) is 18.2 Å². The highest BCUT2D eigenvalue weighted by atomic mass is 16.6. The zero-order chi connectivity index (χ0) is 16.4. The van der Waals surface area contributed by atoms with Gasteiger partial charge in [-0.2, -0.15) is 0 Å². The molecule has 1 atom stereocenters. The Kier molecular flexibility index (Phi) is 4.44. The molecule has 0 aromatic heterocycles. The fourth-order valence-corrected chi connectivity index (χ4v) is 2.31. The van der Waals surface area contributed by atoms with Gasteiger partial charge in [-0.3, -0.25) is 19.7 Å². The second kappa shape index (κ2) is 6.13. The Morgan fingerprint density at radius 3 is 2.55 bits per heavy atom. The topological polar surface area (TPSA) is 101 Å². The van der Waals surface area contributed by atoms with Crippen LogP contribution in [0.2, 0.25) is 0 Å². The summed E-state index contributed by atoms with van der Waals surface area (Å²) in [7, 11) is 0. The van der Waals surface area contributed by atoms with Gasteiger partial charge in [0.2, 0.25) is 0 Å². The van der Waals surface area contributed by atoms with Crippen LogP contribution in [0.25, 0.3) is 0 Å². The molecular formula is C15H18N2O5. The van der Waals surface area contributed by atoms with E-state index in [9.17, 15) is 19.7 Å². The third-order valence-corrected chi connectivity index (χ3v) is 3.79. The molecule has 2 rings (SSSR count). The first-order valence-electron chi connectivity index (χ1n) is 7.10. The molecule has 1 aliphatic rings. The number of nitro groups is 1. The third kappa shape index (κ3) is 3.41. The Hall–Kier alpha value is -2.44. The van der Waals surface area contributed by atoms with E-state index in [0.717, 1.165) is 12.8 Å². The van der Waals surface area contributed by atoms with Gasteiger partial charge in [-0.05, 0) is 31.4 Å². The van der Waals surface area contributed by atoms with Crippen molar-refractivity contribution in [1.82, 2.24) is 4.90 Å². The number of nitro benzene ring substituents is 1. The number of hydrogen-bond acceptors (Lipinski definition) is 4. The molecular weight excluding hydrogens is 288 g/mol. The number of carbonyl (C=O) groups is 2. The molecule has 1 aromatic carbocycles. The van der Waals surface area contributed by atoms with E-state index in [1.54, 1.807) is 18.7 Å². The molecule has 118 valence electrons. The highest BCUT2D eigenvalue weighted by Crippen LogP contribution is 2.30. The van der Waals surface area contributed by atoms with Crippen LogP contribution < -0.4 is 0 Å². The van der Waals surface area contributed by atoms with Crippen molar-refractivity contribution in [2.45, 2.75) is 32.7 Å². The molecule has 1 N–H and O–H groups in total. The smallest absolute Gasteiger partial charge is 0.308 e. The van der Waals surface area contributed by atoms with Crippen molar-refractivity contribution in [3.05, 3.63) is 39.4 Å². The number of hydrogen-bond donors (Lipinski definition) is 1. The fourth-order valence-electron chi connectivity index (χ4n) is 2.31. The van der Waals surface area contributed by atoms with Crippen molar-refractivity contribution in [3.8, 4) is 0 Å². The number of non-ortho nitro benzene ring substituents is 1. The lowest BCUT2D eigenvalue weighted by molar-refractivity contribution is -0.384.